The molecule has 2 amide bonds. The fourth-order valence-corrected chi connectivity index (χ4v) is 2.92. The molecule has 6 nitrogen and oxygen atoms in total. The van der Waals surface area contributed by atoms with Crippen molar-refractivity contribution in [1.82, 2.24) is 4.90 Å². The zero-order valence-electron chi connectivity index (χ0n) is 14.5. The molecule has 6 heteroatoms. The van der Waals surface area contributed by atoms with Crippen LogP contribution in [0.1, 0.15) is 26.0 Å². The number of hydrogen-bond acceptors (Lipinski definition) is 4. The lowest BCUT2D eigenvalue weighted by Gasteiger charge is -2.33. The number of nitrogens with zero attached hydrogens (tertiary/aromatic N) is 2. The molecule has 1 aliphatic rings. The van der Waals surface area contributed by atoms with Gasteiger partial charge >= 0.3 is 0 Å². The number of para-hydroxylation sites is 2. The van der Waals surface area contributed by atoms with Gasteiger partial charge in [-0.2, -0.15) is 0 Å². The molecule has 0 radical (unpaired) electrons. The first-order valence-corrected chi connectivity index (χ1v) is 8.47. The molecule has 25 heavy (non-hydrogen) atoms. The predicted octanol–water partition coefficient (Wildman–Crippen LogP) is 2.83. The van der Waals surface area contributed by atoms with Crippen LogP contribution >= 0.6 is 0 Å². The molecule has 0 N–H and O–H groups in total. The van der Waals surface area contributed by atoms with E-state index in [0.717, 1.165) is 5.76 Å². The highest BCUT2D eigenvalue weighted by Crippen LogP contribution is 2.33. The number of fused-ring (bicyclic) bond motifs is 1. The van der Waals surface area contributed by atoms with Crippen molar-refractivity contribution < 1.29 is 18.7 Å². The van der Waals surface area contributed by atoms with Gasteiger partial charge in [-0.25, -0.2) is 0 Å². The van der Waals surface area contributed by atoms with Gasteiger partial charge in [-0.1, -0.05) is 12.1 Å². The van der Waals surface area contributed by atoms with E-state index in [4.69, 9.17) is 9.15 Å². The van der Waals surface area contributed by atoms with Crippen LogP contribution in [0, 0.1) is 0 Å². The van der Waals surface area contributed by atoms with E-state index < -0.39 is 6.10 Å². The first-order valence-electron chi connectivity index (χ1n) is 8.47. The lowest BCUT2D eigenvalue weighted by molar-refractivity contribution is -0.131. The Morgan fingerprint density at radius 2 is 2.04 bits per heavy atom. The minimum Gasteiger partial charge on any atom is -0.479 e. The number of ether oxygens (including phenoxy) is 1. The first kappa shape index (κ1) is 17.1. The molecule has 0 aliphatic carbocycles. The molecular formula is C19H22N2O4. The Balaban J connectivity index is 1.67. The zero-order chi connectivity index (χ0) is 17.8. The molecule has 0 saturated heterocycles. The van der Waals surface area contributed by atoms with Crippen LogP contribution in [-0.4, -0.2) is 35.9 Å². The number of anilines is 1. The normalized spacial score (nSPS) is 16.3. The van der Waals surface area contributed by atoms with Crippen LogP contribution < -0.4 is 9.64 Å². The molecule has 3 rings (SSSR count). The summed E-state index contributed by atoms with van der Waals surface area (Å²) in [5.41, 5.74) is 0.715. The molecule has 1 atom stereocenters. The molecule has 0 saturated carbocycles. The third-order valence-electron chi connectivity index (χ3n) is 4.28. The molecule has 0 fully saturated rings. The summed E-state index contributed by atoms with van der Waals surface area (Å²) in [6, 6.07) is 11.0. The Hall–Kier alpha value is -2.76. The second kappa shape index (κ2) is 7.42. The largest absolute Gasteiger partial charge is 0.479 e. The Morgan fingerprint density at radius 3 is 2.76 bits per heavy atom. The fourth-order valence-electron chi connectivity index (χ4n) is 2.92. The SMILES string of the molecule is CCN(Cc1ccco1)C(=O)CCN1C(=O)[C@@H](C)Oc2ccccc21. The van der Waals surface area contributed by atoms with Gasteiger partial charge in [0, 0.05) is 19.5 Å². The molecule has 1 aromatic carbocycles. The Kier molecular flexibility index (Phi) is 5.07. The van der Waals surface area contributed by atoms with Crippen molar-refractivity contribution in [2.75, 3.05) is 18.0 Å². The summed E-state index contributed by atoms with van der Waals surface area (Å²) in [5, 5.41) is 0. The van der Waals surface area contributed by atoms with E-state index in [-0.39, 0.29) is 18.2 Å². The monoisotopic (exact) mass is 342 g/mol. The van der Waals surface area contributed by atoms with Crippen molar-refractivity contribution >= 4 is 17.5 Å². The van der Waals surface area contributed by atoms with Crippen LogP contribution in [0.4, 0.5) is 5.69 Å². The Bertz CT molecular complexity index is 742. The van der Waals surface area contributed by atoms with E-state index in [2.05, 4.69) is 0 Å². The van der Waals surface area contributed by atoms with Crippen molar-refractivity contribution in [3.05, 3.63) is 48.4 Å². The molecule has 2 aromatic rings. The van der Waals surface area contributed by atoms with Gasteiger partial charge in [0.05, 0.1) is 18.5 Å². The van der Waals surface area contributed by atoms with Gasteiger partial charge in [0.25, 0.3) is 5.91 Å². The molecule has 0 bridgehead atoms. The Morgan fingerprint density at radius 1 is 1.24 bits per heavy atom. The van der Waals surface area contributed by atoms with Crippen molar-refractivity contribution in [2.24, 2.45) is 0 Å². The number of furan rings is 1. The summed E-state index contributed by atoms with van der Waals surface area (Å²) in [4.78, 5) is 28.4. The van der Waals surface area contributed by atoms with Crippen LogP contribution in [0.2, 0.25) is 0 Å². The van der Waals surface area contributed by atoms with Gasteiger partial charge < -0.3 is 19.0 Å². The maximum Gasteiger partial charge on any atom is 0.267 e. The quantitative estimate of drug-likeness (QED) is 0.810. The first-order chi connectivity index (χ1) is 12.1. The number of amides is 2. The lowest BCUT2D eigenvalue weighted by atomic mass is 10.1. The molecule has 0 unspecified atom stereocenters. The minimum absolute atomic E-state index is 0.0108. The van der Waals surface area contributed by atoms with E-state index in [9.17, 15) is 9.59 Å². The van der Waals surface area contributed by atoms with E-state index in [1.54, 1.807) is 29.1 Å². The second-order valence-electron chi connectivity index (χ2n) is 5.95. The van der Waals surface area contributed by atoms with Gasteiger partial charge in [0.15, 0.2) is 6.10 Å². The van der Waals surface area contributed by atoms with E-state index in [1.807, 2.05) is 37.3 Å². The molecular weight excluding hydrogens is 320 g/mol. The lowest BCUT2D eigenvalue weighted by Crippen LogP contribution is -2.46. The van der Waals surface area contributed by atoms with Crippen LogP contribution in [0.25, 0.3) is 0 Å². The maximum atomic E-state index is 12.6. The van der Waals surface area contributed by atoms with E-state index >= 15 is 0 Å². The predicted molar refractivity (Wildman–Crippen MR) is 93.3 cm³/mol. The molecule has 1 aromatic heterocycles. The summed E-state index contributed by atoms with van der Waals surface area (Å²) < 4.78 is 10.9. The summed E-state index contributed by atoms with van der Waals surface area (Å²) in [5.74, 6) is 1.28. The maximum absolute atomic E-state index is 12.6. The summed E-state index contributed by atoms with van der Waals surface area (Å²) in [7, 11) is 0. The number of rotatable bonds is 6. The summed E-state index contributed by atoms with van der Waals surface area (Å²) in [6.07, 6.45) is 1.30. The highest BCUT2D eigenvalue weighted by molar-refractivity contribution is 6.00. The number of carbonyl (C=O) groups is 2. The average molecular weight is 342 g/mol. The number of benzene rings is 1. The topological polar surface area (TPSA) is 63.0 Å². The third kappa shape index (κ3) is 3.68. The van der Waals surface area contributed by atoms with Gasteiger partial charge in [0.2, 0.25) is 5.91 Å². The highest BCUT2D eigenvalue weighted by Gasteiger charge is 2.31. The van der Waals surface area contributed by atoms with Crippen molar-refractivity contribution in [3.8, 4) is 5.75 Å². The number of carbonyl (C=O) groups excluding carboxylic acids is 2. The highest BCUT2D eigenvalue weighted by atomic mass is 16.5. The smallest absolute Gasteiger partial charge is 0.267 e. The van der Waals surface area contributed by atoms with Gasteiger partial charge in [0.1, 0.15) is 11.5 Å². The van der Waals surface area contributed by atoms with Gasteiger partial charge in [-0.3, -0.25) is 9.59 Å². The van der Waals surface area contributed by atoms with Crippen LogP contribution in [-0.2, 0) is 16.1 Å². The van der Waals surface area contributed by atoms with Crippen molar-refractivity contribution in [3.63, 3.8) is 0 Å². The van der Waals surface area contributed by atoms with Crippen LogP contribution in [0.3, 0.4) is 0 Å². The molecule has 0 spiro atoms. The summed E-state index contributed by atoms with van der Waals surface area (Å²) in [6.45, 7) is 5.01. The summed E-state index contributed by atoms with van der Waals surface area (Å²) >= 11 is 0. The standard InChI is InChI=1S/C19H22N2O4/c1-3-20(13-15-7-6-12-24-15)18(22)10-11-21-16-8-4-5-9-17(16)25-14(2)19(21)23/h4-9,12,14H,3,10-11,13H2,1-2H3/t14-/m1/s1. The second-order valence-corrected chi connectivity index (χ2v) is 5.95. The van der Waals surface area contributed by atoms with Crippen LogP contribution in [0.5, 0.6) is 5.75 Å². The average Bonchev–Trinajstić information content (AvgIpc) is 3.13. The Labute approximate surface area is 147 Å². The molecule has 132 valence electrons. The van der Waals surface area contributed by atoms with E-state index in [0.29, 0.717) is 31.1 Å². The van der Waals surface area contributed by atoms with Gasteiger partial charge in [-0.05, 0) is 38.1 Å². The van der Waals surface area contributed by atoms with Crippen molar-refractivity contribution in [1.29, 1.82) is 0 Å². The minimum atomic E-state index is -0.546. The third-order valence-corrected chi connectivity index (χ3v) is 4.28. The van der Waals surface area contributed by atoms with Crippen LogP contribution in [0.15, 0.2) is 47.1 Å². The fraction of sp³-hybridized carbons (Fsp3) is 0.368. The van der Waals surface area contributed by atoms with Gasteiger partial charge in [-0.15, -0.1) is 0 Å². The number of hydrogen-bond donors (Lipinski definition) is 0. The van der Waals surface area contributed by atoms with Crippen molar-refractivity contribution in [2.45, 2.75) is 32.9 Å². The molecule has 2 heterocycles. The van der Waals surface area contributed by atoms with E-state index in [1.165, 1.54) is 0 Å². The zero-order valence-corrected chi connectivity index (χ0v) is 14.5. The molecule has 1 aliphatic heterocycles.